The molecule has 0 aromatic carbocycles. The second-order valence-electron chi connectivity index (χ2n) is 21.0. The number of ketones is 2. The SMILES string of the molecule is CC[C@H]1OC(=O)[C@H](C)[C@@H](O)[C@H](C)[C@@H](O)[C@@H](C)C[C@@H](C)C(=O)[C@H](C)[C@@H](O)[C@H]1C.CC[C@H]1OC(=O)[C@H](C)[C@@H](O[C@H]2CC(N(C)C)[C@H](O)C(C)O2)[C@H](C)[C@@H](O)[C@@H](C)C[C@@H](C)C(=O)[C@H](C)[C@@H](O)[C@H]1C. The summed E-state index contributed by atoms with van der Waals surface area (Å²) in [6.45, 7) is 26.8. The van der Waals surface area contributed by atoms with Crippen LogP contribution in [0.3, 0.4) is 0 Å². The Bertz CT molecular complexity index is 1500. The molecule has 3 aliphatic rings. The van der Waals surface area contributed by atoms with Crippen molar-refractivity contribution < 1.29 is 68.8 Å². The summed E-state index contributed by atoms with van der Waals surface area (Å²) in [5.41, 5.74) is 0. The second kappa shape index (κ2) is 26.1. The Balaban J connectivity index is 0.000000474. The van der Waals surface area contributed by atoms with Crippen molar-refractivity contribution in [3.8, 4) is 0 Å². The van der Waals surface area contributed by atoms with Crippen LogP contribution in [-0.2, 0) is 38.1 Å². The molecule has 3 fully saturated rings. The van der Waals surface area contributed by atoms with Gasteiger partial charge in [0, 0.05) is 59.8 Å². The van der Waals surface area contributed by atoms with Crippen molar-refractivity contribution in [2.45, 2.75) is 209 Å². The Morgan fingerprint density at radius 3 is 1.29 bits per heavy atom. The molecule has 0 saturated carbocycles. The molecule has 0 aromatic rings. The van der Waals surface area contributed by atoms with Gasteiger partial charge in [0.2, 0.25) is 0 Å². The maximum atomic E-state index is 13.5. The lowest BCUT2D eigenvalue weighted by Crippen LogP contribution is -2.55. The van der Waals surface area contributed by atoms with Crippen LogP contribution in [0.2, 0.25) is 0 Å². The van der Waals surface area contributed by atoms with Crippen LogP contribution in [0.4, 0.5) is 0 Å². The summed E-state index contributed by atoms with van der Waals surface area (Å²) in [7, 11) is 3.78. The van der Waals surface area contributed by atoms with E-state index in [1.54, 1.807) is 48.5 Å². The molecule has 0 aromatic heterocycles. The Kier molecular flexibility index (Phi) is 23.7. The third-order valence-electron chi connectivity index (χ3n) is 15.6. The highest BCUT2D eigenvalue weighted by atomic mass is 16.7. The Morgan fingerprint density at radius 1 is 0.508 bits per heavy atom. The average Bonchev–Trinajstić information content (AvgIpc) is 3.27. The fourth-order valence-electron chi connectivity index (χ4n) is 10.5. The summed E-state index contributed by atoms with van der Waals surface area (Å²) < 4.78 is 23.9. The van der Waals surface area contributed by atoms with Crippen LogP contribution < -0.4 is 0 Å². The number of nitrogens with zero attached hydrogens (tertiary/aromatic N) is 1. The number of cyclic esters (lactones) is 2. The smallest absolute Gasteiger partial charge is 0.311 e. The van der Waals surface area contributed by atoms with Gasteiger partial charge in [-0.05, 0) is 72.4 Å². The monoisotopic (exact) mass is 930 g/mol. The number of likely N-dealkylation sites (N-methyl/N-ethyl adjacent to an activating group) is 1. The predicted octanol–water partition coefficient (Wildman–Crippen LogP) is 4.81. The lowest BCUT2D eigenvalue weighted by molar-refractivity contribution is -0.265. The fourth-order valence-corrected chi connectivity index (χ4v) is 10.5. The van der Waals surface area contributed by atoms with E-state index in [1.807, 2.05) is 74.4 Å². The minimum atomic E-state index is -1.06. The molecule has 2 unspecified atom stereocenters. The van der Waals surface area contributed by atoms with Crippen molar-refractivity contribution in [1.82, 2.24) is 4.90 Å². The van der Waals surface area contributed by atoms with E-state index < -0.39 is 127 Å². The van der Waals surface area contributed by atoms with Crippen LogP contribution in [0.5, 0.6) is 0 Å². The standard InChI is InChI=1S/C29H53NO8.C21H38O6/c1-11-22-16(4)26(33)17(5)24(31)14(2)12-15(3)25(32)18(6)28(19(7)29(35)37-22)38-23-13-21(30(9)10)27(34)20(8)36-23;1-8-16-12(4)19(24)13(5)17(22)10(2)9-11(3)18(23)14(6)20(25)15(7)21(26)27-16/h14-23,25-28,32-34H,11-13H2,1-10H3;10-16,18-20,23-25H,8-9H2,1-7H3/t14-,15+,16+,17+,18-,19-,20?,21?,22-,23+,25+,26+,27-,28+;10-,11+,12+,13+,14-,15-,16-,18+,19+,20+/m11/s1. The van der Waals surface area contributed by atoms with Crippen LogP contribution in [0, 0.1) is 71.0 Å². The van der Waals surface area contributed by atoms with Crippen molar-refractivity contribution >= 4 is 23.5 Å². The zero-order chi connectivity index (χ0) is 50.1. The van der Waals surface area contributed by atoms with Gasteiger partial charge in [-0.3, -0.25) is 19.2 Å². The number of esters is 2. The van der Waals surface area contributed by atoms with Crippen molar-refractivity contribution in [3.05, 3.63) is 0 Å². The molecule has 0 radical (unpaired) electrons. The first-order chi connectivity index (χ1) is 30.0. The van der Waals surface area contributed by atoms with Gasteiger partial charge in [-0.15, -0.1) is 0 Å². The molecule has 15 heteroatoms. The first kappa shape index (κ1) is 59.0. The molecule has 380 valence electrons. The van der Waals surface area contributed by atoms with E-state index in [0.717, 1.165) is 0 Å². The van der Waals surface area contributed by atoms with Crippen LogP contribution in [0.15, 0.2) is 0 Å². The molecular formula is C50H91NO14. The Morgan fingerprint density at radius 2 is 0.892 bits per heavy atom. The van der Waals surface area contributed by atoms with Crippen molar-refractivity contribution in [2.75, 3.05) is 14.1 Å². The maximum absolute atomic E-state index is 13.5. The number of hydrogen-bond donors (Lipinski definition) is 6. The van der Waals surface area contributed by atoms with Crippen LogP contribution in [0.25, 0.3) is 0 Å². The second-order valence-corrected chi connectivity index (χ2v) is 21.0. The third kappa shape index (κ3) is 15.0. The average molecular weight is 930 g/mol. The number of aliphatic hydroxyl groups excluding tert-OH is 6. The molecule has 24 atom stereocenters. The highest BCUT2D eigenvalue weighted by molar-refractivity contribution is 5.84. The highest BCUT2D eigenvalue weighted by Crippen LogP contribution is 2.36. The fraction of sp³-hybridized carbons (Fsp3) is 0.920. The molecular weight excluding hydrogens is 839 g/mol. The van der Waals surface area contributed by atoms with Crippen LogP contribution >= 0.6 is 0 Å². The number of carbonyl (C=O) groups is 4. The summed E-state index contributed by atoms with van der Waals surface area (Å²) in [6, 6.07) is -0.190. The van der Waals surface area contributed by atoms with Gasteiger partial charge in [0.05, 0.1) is 60.7 Å². The largest absolute Gasteiger partial charge is 0.462 e. The van der Waals surface area contributed by atoms with E-state index in [9.17, 15) is 49.8 Å². The van der Waals surface area contributed by atoms with Crippen LogP contribution in [-0.4, -0.2) is 147 Å². The number of carbonyl (C=O) groups excluding carboxylic acids is 4. The Hall–Kier alpha value is -2.08. The first-order valence-electron chi connectivity index (χ1n) is 24.6. The van der Waals surface area contributed by atoms with E-state index in [4.69, 9.17) is 18.9 Å². The molecule has 0 aliphatic carbocycles. The van der Waals surface area contributed by atoms with Gasteiger partial charge < -0.3 is 54.5 Å². The van der Waals surface area contributed by atoms with Gasteiger partial charge in [-0.25, -0.2) is 0 Å². The molecule has 0 bridgehead atoms. The molecule has 15 nitrogen and oxygen atoms in total. The van der Waals surface area contributed by atoms with E-state index in [-0.39, 0.29) is 41.3 Å². The van der Waals surface area contributed by atoms with E-state index >= 15 is 0 Å². The quantitative estimate of drug-likeness (QED) is 0.203. The van der Waals surface area contributed by atoms with Crippen molar-refractivity contribution in [1.29, 1.82) is 0 Å². The van der Waals surface area contributed by atoms with E-state index in [0.29, 0.717) is 32.1 Å². The number of ether oxygens (including phenoxy) is 4. The zero-order valence-corrected chi connectivity index (χ0v) is 42.8. The number of aliphatic hydroxyl groups is 6. The summed E-state index contributed by atoms with van der Waals surface area (Å²) in [4.78, 5) is 53.9. The summed E-state index contributed by atoms with van der Waals surface area (Å²) in [5.74, 6) is -6.88. The van der Waals surface area contributed by atoms with Crippen LogP contribution in [0.1, 0.15) is 136 Å². The molecule has 65 heavy (non-hydrogen) atoms. The van der Waals surface area contributed by atoms with Gasteiger partial charge in [0.25, 0.3) is 0 Å². The van der Waals surface area contributed by atoms with E-state index in [1.165, 1.54) is 0 Å². The summed E-state index contributed by atoms with van der Waals surface area (Å²) in [6.07, 6.45) is -6.06. The number of hydrogen-bond acceptors (Lipinski definition) is 15. The third-order valence-corrected chi connectivity index (χ3v) is 15.6. The minimum absolute atomic E-state index is 0.0617. The van der Waals surface area contributed by atoms with Crippen molar-refractivity contribution in [2.24, 2.45) is 71.0 Å². The highest BCUT2D eigenvalue weighted by Gasteiger charge is 2.45. The zero-order valence-electron chi connectivity index (χ0n) is 42.8. The van der Waals surface area contributed by atoms with Gasteiger partial charge in [0.1, 0.15) is 23.8 Å². The molecule has 0 amide bonds. The molecule has 0 spiro atoms. The molecule has 3 saturated heterocycles. The summed E-state index contributed by atoms with van der Waals surface area (Å²) >= 11 is 0. The topological polar surface area (TPSA) is 230 Å². The summed E-state index contributed by atoms with van der Waals surface area (Å²) in [5, 5.41) is 64.9. The van der Waals surface area contributed by atoms with Gasteiger partial charge in [0.15, 0.2) is 6.29 Å². The normalized spacial score (nSPS) is 46.2. The van der Waals surface area contributed by atoms with Crippen molar-refractivity contribution in [3.63, 3.8) is 0 Å². The maximum Gasteiger partial charge on any atom is 0.311 e. The number of Topliss-reactive ketones (excluding diaryl/α,β-unsaturated/α-hetero) is 2. The van der Waals surface area contributed by atoms with Gasteiger partial charge >= 0.3 is 11.9 Å². The Labute approximate surface area is 390 Å². The number of rotatable bonds is 5. The minimum Gasteiger partial charge on any atom is -0.462 e. The van der Waals surface area contributed by atoms with E-state index in [2.05, 4.69) is 0 Å². The lowest BCUT2D eigenvalue weighted by Gasteiger charge is -2.44. The molecule has 3 heterocycles. The lowest BCUT2D eigenvalue weighted by atomic mass is 9.77. The predicted molar refractivity (Wildman–Crippen MR) is 247 cm³/mol. The van der Waals surface area contributed by atoms with Gasteiger partial charge in [-0.1, -0.05) is 83.1 Å². The first-order valence-corrected chi connectivity index (χ1v) is 24.6. The molecule has 3 aliphatic heterocycles. The van der Waals surface area contributed by atoms with Gasteiger partial charge in [-0.2, -0.15) is 0 Å². The molecule has 3 rings (SSSR count). The molecule has 6 N–H and O–H groups in total.